The summed E-state index contributed by atoms with van der Waals surface area (Å²) in [5.41, 5.74) is 6.56. The van der Waals surface area contributed by atoms with Gasteiger partial charge in [0.1, 0.15) is 0 Å². The Balaban J connectivity index is 2.66. The van der Waals surface area contributed by atoms with E-state index in [1.54, 1.807) is 18.2 Å². The highest BCUT2D eigenvalue weighted by Gasteiger charge is 2.09. The smallest absolute Gasteiger partial charge is 0.299 e. The van der Waals surface area contributed by atoms with Gasteiger partial charge in [-0.05, 0) is 34.1 Å². The lowest BCUT2D eigenvalue weighted by Crippen LogP contribution is -2.32. The quantitative estimate of drug-likeness (QED) is 0.536. The first-order valence-corrected chi connectivity index (χ1v) is 7.03. The van der Waals surface area contributed by atoms with E-state index in [2.05, 4.69) is 25.4 Å². The minimum absolute atomic E-state index is 0.210. The predicted octanol–water partition coefficient (Wildman–Crippen LogP) is 0.924. The van der Waals surface area contributed by atoms with Gasteiger partial charge in [-0.1, -0.05) is 0 Å². The molecule has 0 saturated heterocycles. The third-order valence-electron chi connectivity index (χ3n) is 1.85. The van der Waals surface area contributed by atoms with Gasteiger partial charge in [0.2, 0.25) is 0 Å². The van der Waals surface area contributed by atoms with Gasteiger partial charge < -0.3 is 10.5 Å². The Morgan fingerprint density at radius 2 is 2.18 bits per heavy atom. The van der Waals surface area contributed by atoms with Crippen LogP contribution in [-0.4, -0.2) is 28.7 Å². The number of hydrogen-bond acceptors (Lipinski definition) is 4. The van der Waals surface area contributed by atoms with Crippen LogP contribution in [0.25, 0.3) is 0 Å². The molecular weight excluding hydrogens is 310 g/mol. The molecular formula is C9H14BrN3O3S. The Morgan fingerprint density at radius 1 is 1.47 bits per heavy atom. The second kappa shape index (κ2) is 6.20. The second-order valence-electron chi connectivity index (χ2n) is 3.23. The van der Waals surface area contributed by atoms with E-state index >= 15 is 0 Å². The van der Waals surface area contributed by atoms with Crippen molar-refractivity contribution in [2.75, 3.05) is 30.7 Å². The molecule has 0 bridgehead atoms. The van der Waals surface area contributed by atoms with Crippen LogP contribution < -0.4 is 15.2 Å². The summed E-state index contributed by atoms with van der Waals surface area (Å²) in [6.45, 7) is 0.522. The average Bonchev–Trinajstić information content (AvgIpc) is 2.23. The van der Waals surface area contributed by atoms with Gasteiger partial charge in [0.05, 0.1) is 12.3 Å². The van der Waals surface area contributed by atoms with Crippen LogP contribution in [0, 0.1) is 0 Å². The number of nitrogens with one attached hydrogen (secondary N) is 2. The van der Waals surface area contributed by atoms with Crippen molar-refractivity contribution in [1.82, 2.24) is 4.72 Å². The first-order valence-electron chi connectivity index (χ1n) is 4.76. The number of anilines is 2. The molecule has 0 aliphatic rings. The van der Waals surface area contributed by atoms with Crippen molar-refractivity contribution in [1.29, 1.82) is 0 Å². The highest BCUT2D eigenvalue weighted by Crippen LogP contribution is 2.23. The van der Waals surface area contributed by atoms with E-state index in [0.717, 1.165) is 0 Å². The van der Waals surface area contributed by atoms with E-state index in [9.17, 15) is 8.42 Å². The summed E-state index contributed by atoms with van der Waals surface area (Å²) in [6.07, 6.45) is 0. The maximum atomic E-state index is 11.5. The van der Waals surface area contributed by atoms with E-state index in [1.807, 2.05) is 0 Å². The highest BCUT2D eigenvalue weighted by molar-refractivity contribution is 9.10. The molecule has 0 aromatic heterocycles. The zero-order valence-electron chi connectivity index (χ0n) is 9.23. The Bertz CT molecular complexity index is 478. The Morgan fingerprint density at radius 3 is 2.76 bits per heavy atom. The highest BCUT2D eigenvalue weighted by atomic mass is 79.9. The molecule has 0 saturated carbocycles. The van der Waals surface area contributed by atoms with E-state index in [0.29, 0.717) is 22.5 Å². The standard InChI is InChI=1S/C9H14BrN3O3S/c1-16-5-4-12-17(14,15)13-7-2-3-9(11)8(10)6-7/h2-3,6,12-13H,4-5,11H2,1H3. The van der Waals surface area contributed by atoms with Gasteiger partial charge in [0.25, 0.3) is 10.2 Å². The molecule has 0 atom stereocenters. The monoisotopic (exact) mass is 323 g/mol. The third kappa shape index (κ3) is 4.90. The van der Waals surface area contributed by atoms with Gasteiger partial charge in [-0.3, -0.25) is 4.72 Å². The lowest BCUT2D eigenvalue weighted by molar-refractivity contribution is 0.204. The van der Waals surface area contributed by atoms with E-state index < -0.39 is 10.2 Å². The number of rotatable bonds is 6. The van der Waals surface area contributed by atoms with Crippen LogP contribution in [-0.2, 0) is 14.9 Å². The largest absolute Gasteiger partial charge is 0.398 e. The molecule has 0 aliphatic carbocycles. The van der Waals surface area contributed by atoms with Gasteiger partial charge in [0.15, 0.2) is 0 Å². The van der Waals surface area contributed by atoms with Gasteiger partial charge in [0, 0.05) is 23.8 Å². The molecule has 6 nitrogen and oxygen atoms in total. The van der Waals surface area contributed by atoms with E-state index in [-0.39, 0.29) is 6.54 Å². The normalized spacial score (nSPS) is 11.4. The van der Waals surface area contributed by atoms with Crippen molar-refractivity contribution >= 4 is 37.5 Å². The topological polar surface area (TPSA) is 93.4 Å². The number of halogens is 1. The van der Waals surface area contributed by atoms with Crippen LogP contribution in [0.5, 0.6) is 0 Å². The molecule has 0 fully saturated rings. The summed E-state index contributed by atoms with van der Waals surface area (Å²) in [7, 11) is -2.08. The van der Waals surface area contributed by atoms with Crippen LogP contribution in [0.15, 0.2) is 22.7 Å². The van der Waals surface area contributed by atoms with Gasteiger partial charge in [-0.2, -0.15) is 13.1 Å². The van der Waals surface area contributed by atoms with Crippen molar-refractivity contribution in [2.45, 2.75) is 0 Å². The van der Waals surface area contributed by atoms with Crippen molar-refractivity contribution in [3.8, 4) is 0 Å². The molecule has 0 unspecified atom stereocenters. The van der Waals surface area contributed by atoms with Crippen molar-refractivity contribution in [3.63, 3.8) is 0 Å². The molecule has 0 aliphatic heterocycles. The van der Waals surface area contributed by atoms with Gasteiger partial charge in [-0.15, -0.1) is 0 Å². The fourth-order valence-corrected chi connectivity index (χ4v) is 2.30. The zero-order chi connectivity index (χ0) is 12.9. The molecule has 0 heterocycles. The summed E-state index contributed by atoms with van der Waals surface area (Å²) in [6, 6.07) is 4.78. The summed E-state index contributed by atoms with van der Waals surface area (Å²) >= 11 is 3.22. The molecule has 8 heteroatoms. The number of ether oxygens (including phenoxy) is 1. The lowest BCUT2D eigenvalue weighted by atomic mass is 10.3. The molecule has 17 heavy (non-hydrogen) atoms. The summed E-state index contributed by atoms with van der Waals surface area (Å²) in [5.74, 6) is 0. The lowest BCUT2D eigenvalue weighted by Gasteiger charge is -2.09. The first kappa shape index (κ1) is 14.2. The van der Waals surface area contributed by atoms with Crippen molar-refractivity contribution in [3.05, 3.63) is 22.7 Å². The zero-order valence-corrected chi connectivity index (χ0v) is 11.6. The SMILES string of the molecule is COCCNS(=O)(=O)Nc1ccc(N)c(Br)c1. The Labute approximate surface area is 109 Å². The van der Waals surface area contributed by atoms with Gasteiger partial charge in [-0.25, -0.2) is 0 Å². The molecule has 1 aromatic carbocycles. The number of nitrogen functional groups attached to an aromatic ring is 1. The molecule has 1 rings (SSSR count). The summed E-state index contributed by atoms with van der Waals surface area (Å²) < 4.78 is 33.2. The number of benzene rings is 1. The first-order chi connectivity index (χ1) is 7.94. The minimum Gasteiger partial charge on any atom is -0.398 e. The van der Waals surface area contributed by atoms with E-state index in [1.165, 1.54) is 7.11 Å². The maximum Gasteiger partial charge on any atom is 0.299 e. The van der Waals surface area contributed by atoms with Crippen LogP contribution in [0.3, 0.4) is 0 Å². The Kier molecular flexibility index (Phi) is 5.19. The van der Waals surface area contributed by atoms with Crippen molar-refractivity contribution in [2.24, 2.45) is 0 Å². The van der Waals surface area contributed by atoms with Crippen LogP contribution in [0.2, 0.25) is 0 Å². The number of nitrogens with two attached hydrogens (primary N) is 1. The third-order valence-corrected chi connectivity index (χ3v) is 3.63. The Hall–Kier alpha value is -0.830. The van der Waals surface area contributed by atoms with Crippen LogP contribution in [0.4, 0.5) is 11.4 Å². The fraction of sp³-hybridized carbons (Fsp3) is 0.333. The van der Waals surface area contributed by atoms with E-state index in [4.69, 9.17) is 10.5 Å². The summed E-state index contributed by atoms with van der Waals surface area (Å²) in [5, 5.41) is 0. The molecule has 1 aromatic rings. The maximum absolute atomic E-state index is 11.5. The molecule has 0 radical (unpaired) electrons. The predicted molar refractivity (Wildman–Crippen MR) is 71.0 cm³/mol. The molecule has 4 N–H and O–H groups in total. The number of hydrogen-bond donors (Lipinski definition) is 3. The average molecular weight is 324 g/mol. The number of methoxy groups -OCH3 is 1. The molecule has 96 valence electrons. The molecule has 0 amide bonds. The summed E-state index contributed by atoms with van der Waals surface area (Å²) in [4.78, 5) is 0. The second-order valence-corrected chi connectivity index (χ2v) is 5.58. The van der Waals surface area contributed by atoms with Crippen LogP contribution >= 0.6 is 15.9 Å². The van der Waals surface area contributed by atoms with Crippen LogP contribution in [0.1, 0.15) is 0 Å². The molecule has 0 spiro atoms. The minimum atomic E-state index is -3.58. The fourth-order valence-electron chi connectivity index (χ4n) is 1.06. The van der Waals surface area contributed by atoms with Crippen molar-refractivity contribution < 1.29 is 13.2 Å². The van der Waals surface area contributed by atoms with Gasteiger partial charge >= 0.3 is 0 Å².